The molecule has 1 aromatic carbocycles. The number of amides is 4. The first-order chi connectivity index (χ1) is 26.1. The molecule has 7 atom stereocenters. The lowest BCUT2D eigenvalue weighted by atomic mass is 9.88. The maximum Gasteiger partial charge on any atom is 0.407 e. The van der Waals surface area contributed by atoms with E-state index in [1.807, 2.05) is 26.0 Å². The number of carbonyl (C=O) groups excluding carboxylic acids is 4. The van der Waals surface area contributed by atoms with Crippen LogP contribution in [0.3, 0.4) is 0 Å². The summed E-state index contributed by atoms with van der Waals surface area (Å²) in [5, 5.41) is 5.89. The number of halogens is 1. The predicted molar refractivity (Wildman–Crippen MR) is 199 cm³/mol. The van der Waals surface area contributed by atoms with Gasteiger partial charge in [0, 0.05) is 35.4 Å². The number of allylic oxidation sites excluding steroid dienone is 1. The van der Waals surface area contributed by atoms with E-state index in [4.69, 9.17) is 14.2 Å². The van der Waals surface area contributed by atoms with Gasteiger partial charge in [-0.2, -0.15) is 0 Å². The topological polar surface area (TPSA) is 182 Å². The Morgan fingerprint density at radius 3 is 2.58 bits per heavy atom. The molecule has 4 amide bonds. The van der Waals surface area contributed by atoms with Crippen molar-refractivity contribution < 1.29 is 46.2 Å². The largest absolute Gasteiger partial charge is 0.496 e. The monoisotopic (exact) mass is 783 g/mol. The summed E-state index contributed by atoms with van der Waals surface area (Å²) < 4.78 is 59.9. The highest BCUT2D eigenvalue weighted by atomic mass is 32.2. The number of carbonyl (C=O) groups is 4. The highest BCUT2D eigenvalue weighted by Gasteiger charge is 2.62. The second kappa shape index (κ2) is 14.9. The highest BCUT2D eigenvalue weighted by molar-refractivity contribution is 7.91. The van der Waals surface area contributed by atoms with Crippen LogP contribution in [0.15, 0.2) is 36.5 Å². The molecule has 5 aliphatic rings. The number of aromatic nitrogens is 1. The lowest BCUT2D eigenvalue weighted by Crippen LogP contribution is -2.59. The minimum Gasteiger partial charge on any atom is -0.496 e. The van der Waals surface area contributed by atoms with Gasteiger partial charge in [-0.3, -0.25) is 19.1 Å². The molecule has 7 rings (SSSR count). The van der Waals surface area contributed by atoms with Crippen molar-refractivity contribution in [3.05, 3.63) is 42.4 Å². The fourth-order valence-corrected chi connectivity index (χ4v) is 9.24. The van der Waals surface area contributed by atoms with E-state index in [1.165, 1.54) is 30.3 Å². The number of methoxy groups -OCH3 is 1. The molecular weight excluding hydrogens is 734 g/mol. The van der Waals surface area contributed by atoms with Gasteiger partial charge in [-0.15, -0.1) is 0 Å². The number of ether oxygens (including phenoxy) is 3. The molecule has 2 aromatic rings. The third kappa shape index (κ3) is 8.38. The molecule has 298 valence electrons. The van der Waals surface area contributed by atoms with E-state index in [1.54, 1.807) is 6.07 Å². The van der Waals surface area contributed by atoms with Gasteiger partial charge in [-0.1, -0.05) is 32.9 Å². The molecule has 0 bridgehead atoms. The van der Waals surface area contributed by atoms with Crippen molar-refractivity contribution in [2.24, 2.45) is 23.2 Å². The van der Waals surface area contributed by atoms with Gasteiger partial charge < -0.3 is 29.7 Å². The van der Waals surface area contributed by atoms with Gasteiger partial charge in [0.05, 0.1) is 30.9 Å². The summed E-state index contributed by atoms with van der Waals surface area (Å²) in [6.07, 6.45) is 8.64. The van der Waals surface area contributed by atoms with Crippen molar-refractivity contribution in [1.29, 1.82) is 0 Å². The Balaban J connectivity index is 1.21. The molecule has 3 aliphatic carbocycles. The number of hydrogen-bond acceptors (Lipinski definition) is 10. The zero-order valence-electron chi connectivity index (χ0n) is 31.6. The van der Waals surface area contributed by atoms with Crippen LogP contribution in [0.4, 0.5) is 9.18 Å². The summed E-state index contributed by atoms with van der Waals surface area (Å²) in [4.78, 5) is 61.9. The van der Waals surface area contributed by atoms with Gasteiger partial charge >= 0.3 is 6.09 Å². The van der Waals surface area contributed by atoms with E-state index in [9.17, 15) is 32.0 Å². The van der Waals surface area contributed by atoms with Crippen LogP contribution in [0.2, 0.25) is 0 Å². The average Bonchev–Trinajstić information content (AvgIpc) is 4.08. The minimum absolute atomic E-state index is 0.0407. The van der Waals surface area contributed by atoms with E-state index < -0.39 is 74.5 Å². The number of sulfonamides is 1. The van der Waals surface area contributed by atoms with Crippen LogP contribution in [0.5, 0.6) is 11.6 Å². The molecule has 4 fully saturated rings. The molecule has 55 heavy (non-hydrogen) atoms. The van der Waals surface area contributed by atoms with Gasteiger partial charge in [-0.05, 0) is 75.3 Å². The van der Waals surface area contributed by atoms with Gasteiger partial charge in [0.2, 0.25) is 27.7 Å². The van der Waals surface area contributed by atoms with Crippen LogP contribution >= 0.6 is 0 Å². The van der Waals surface area contributed by atoms with Crippen LogP contribution in [-0.2, 0) is 29.1 Å². The van der Waals surface area contributed by atoms with Crippen LogP contribution < -0.4 is 24.8 Å². The van der Waals surface area contributed by atoms with Gasteiger partial charge in [-0.25, -0.2) is 22.6 Å². The first-order valence-electron chi connectivity index (χ1n) is 19.2. The number of fused-ring (bicyclic) bond motifs is 3. The Morgan fingerprint density at radius 1 is 1.11 bits per heavy atom. The molecule has 0 radical (unpaired) electrons. The standard InChI is InChI=1S/C39H50FN5O9S/c1-22-7-5-6-8-24-19-39(24,36(48)44-55(50,51)27-9-10-27)43-33(46)30-18-26(54-34-29-16-25(40)17-31(52-4)28(29)11-14-41-34)20-45(30)35(47)32(23(2)15-22)42-37(49)53-21-38(3)12-13-38/h6,8,11,14,16-17,22-24,26-27,30,32H,5,7,9-10,12-13,15,18-21H2,1-4H3,(H,42,49)(H,43,46)(H,44,48)/b8-6-/t22-,23+,24?,26+,30-,32-,39+/m0/s1. The van der Waals surface area contributed by atoms with Crippen LogP contribution in [-0.4, -0.2) is 91.4 Å². The summed E-state index contributed by atoms with van der Waals surface area (Å²) >= 11 is 0. The highest BCUT2D eigenvalue weighted by Crippen LogP contribution is 2.47. The number of hydrogen-bond donors (Lipinski definition) is 3. The van der Waals surface area contributed by atoms with Crippen molar-refractivity contribution in [3.8, 4) is 11.6 Å². The molecular formula is C39H50FN5O9S. The smallest absolute Gasteiger partial charge is 0.407 e. The number of nitrogens with zero attached hydrogens (tertiary/aromatic N) is 2. The van der Waals surface area contributed by atoms with E-state index in [-0.39, 0.29) is 54.9 Å². The maximum absolute atomic E-state index is 14.8. The molecule has 16 heteroatoms. The van der Waals surface area contributed by atoms with Gasteiger partial charge in [0.1, 0.15) is 35.3 Å². The molecule has 3 heterocycles. The van der Waals surface area contributed by atoms with Crippen LogP contribution in [0, 0.1) is 29.0 Å². The molecule has 0 spiro atoms. The van der Waals surface area contributed by atoms with Gasteiger partial charge in [0.15, 0.2) is 0 Å². The van der Waals surface area contributed by atoms with E-state index >= 15 is 0 Å². The summed E-state index contributed by atoms with van der Waals surface area (Å²) in [7, 11) is -2.50. The summed E-state index contributed by atoms with van der Waals surface area (Å²) in [6, 6.07) is 1.91. The number of alkyl carbamates (subject to hydrolysis) is 1. The van der Waals surface area contributed by atoms with E-state index in [0.717, 1.165) is 19.3 Å². The third-order valence-corrected chi connectivity index (χ3v) is 13.6. The van der Waals surface area contributed by atoms with Crippen LogP contribution in [0.25, 0.3) is 10.8 Å². The quantitative estimate of drug-likeness (QED) is 0.313. The van der Waals surface area contributed by atoms with Crippen molar-refractivity contribution in [2.45, 2.75) is 108 Å². The summed E-state index contributed by atoms with van der Waals surface area (Å²) in [6.45, 7) is 6.08. The Kier molecular flexibility index (Phi) is 10.5. The van der Waals surface area contributed by atoms with E-state index in [2.05, 4.69) is 27.3 Å². The number of benzene rings is 1. The first-order valence-corrected chi connectivity index (χ1v) is 20.7. The zero-order chi connectivity index (χ0) is 39.3. The molecule has 2 aliphatic heterocycles. The second-order valence-corrected chi connectivity index (χ2v) is 18.5. The third-order valence-electron chi connectivity index (χ3n) is 11.8. The minimum atomic E-state index is -3.92. The second-order valence-electron chi connectivity index (χ2n) is 16.6. The Morgan fingerprint density at radius 2 is 1.87 bits per heavy atom. The first kappa shape index (κ1) is 38.8. The lowest BCUT2D eigenvalue weighted by Gasteiger charge is -2.32. The fourth-order valence-electron chi connectivity index (χ4n) is 7.88. The summed E-state index contributed by atoms with van der Waals surface area (Å²) in [5.41, 5.74) is -1.63. The molecule has 3 N–H and O–H groups in total. The van der Waals surface area contributed by atoms with Crippen molar-refractivity contribution >= 4 is 44.6 Å². The lowest BCUT2D eigenvalue weighted by molar-refractivity contribution is -0.142. The average molecular weight is 784 g/mol. The Hall–Kier alpha value is -4.47. The van der Waals surface area contributed by atoms with Crippen LogP contribution in [0.1, 0.15) is 78.6 Å². The predicted octanol–water partition coefficient (Wildman–Crippen LogP) is 4.12. The Bertz CT molecular complexity index is 2000. The molecule has 1 saturated heterocycles. The fraction of sp³-hybridized carbons (Fsp3) is 0.615. The molecule has 1 unspecified atom stereocenters. The number of nitrogens with one attached hydrogen (secondary N) is 3. The SMILES string of the molecule is COc1cc(F)cc2c(O[C@@H]3C[C@H]4C(=O)N[C@]5(C(=O)NS(=O)(=O)C6CC6)CC5/C=C\CC[C@H](C)C[C@@H](C)[C@H](NC(=O)OCC5(C)CC5)C(=O)N4C3)nccc12. The maximum atomic E-state index is 14.8. The zero-order valence-corrected chi connectivity index (χ0v) is 32.5. The Labute approximate surface area is 320 Å². The molecule has 14 nitrogen and oxygen atoms in total. The molecule has 3 saturated carbocycles. The molecule has 1 aromatic heterocycles. The van der Waals surface area contributed by atoms with E-state index in [0.29, 0.717) is 36.5 Å². The van der Waals surface area contributed by atoms with Gasteiger partial charge in [0.25, 0.3) is 5.91 Å². The van der Waals surface area contributed by atoms with Crippen molar-refractivity contribution in [2.75, 3.05) is 20.3 Å². The number of pyridine rings is 1. The summed E-state index contributed by atoms with van der Waals surface area (Å²) in [5.74, 6) is -2.95. The normalized spacial score (nSPS) is 31.1. The number of rotatable bonds is 9. The van der Waals surface area contributed by atoms with Crippen molar-refractivity contribution in [1.82, 2.24) is 25.2 Å². The van der Waals surface area contributed by atoms with Crippen molar-refractivity contribution in [3.63, 3.8) is 0 Å².